The summed E-state index contributed by atoms with van der Waals surface area (Å²) in [4.78, 5) is 14.8. The molecule has 0 aromatic heterocycles. The van der Waals surface area contributed by atoms with E-state index in [0.29, 0.717) is 5.91 Å². The van der Waals surface area contributed by atoms with Crippen molar-refractivity contribution in [2.45, 2.75) is 64.3 Å². The van der Waals surface area contributed by atoms with Crippen LogP contribution < -0.4 is 5.32 Å². The van der Waals surface area contributed by atoms with E-state index in [9.17, 15) is 4.79 Å². The molecule has 1 unspecified atom stereocenters. The second-order valence-electron chi connectivity index (χ2n) is 6.86. The van der Waals surface area contributed by atoms with E-state index in [1.807, 2.05) is 0 Å². The Balaban J connectivity index is 1.51. The minimum atomic E-state index is 0.0766. The number of nitrogens with zero attached hydrogens (tertiary/aromatic N) is 1. The summed E-state index contributed by atoms with van der Waals surface area (Å²) in [7, 11) is 0. The lowest BCUT2D eigenvalue weighted by molar-refractivity contribution is -0.138. The van der Waals surface area contributed by atoms with Crippen molar-refractivity contribution in [1.29, 1.82) is 0 Å². The summed E-state index contributed by atoms with van der Waals surface area (Å²) in [5, 5.41) is 3.63. The molecular formula is C16H28N2O. The summed E-state index contributed by atoms with van der Waals surface area (Å²) < 4.78 is 0. The van der Waals surface area contributed by atoms with Gasteiger partial charge in [-0.05, 0) is 57.4 Å². The highest BCUT2D eigenvalue weighted by Crippen LogP contribution is 2.51. The van der Waals surface area contributed by atoms with Gasteiger partial charge in [0.1, 0.15) is 0 Å². The van der Waals surface area contributed by atoms with Crippen LogP contribution in [0.5, 0.6) is 0 Å². The Morgan fingerprint density at radius 3 is 2.53 bits per heavy atom. The summed E-state index contributed by atoms with van der Waals surface area (Å²) in [6.45, 7) is 5.41. The number of rotatable bonds is 4. The molecule has 0 radical (unpaired) electrons. The monoisotopic (exact) mass is 264 g/mol. The maximum absolute atomic E-state index is 12.6. The average Bonchev–Trinajstić information content (AvgIpc) is 3.03. The average molecular weight is 264 g/mol. The van der Waals surface area contributed by atoms with Crippen molar-refractivity contribution >= 4 is 5.91 Å². The number of hydrogen-bond acceptors (Lipinski definition) is 2. The normalized spacial score (nSPS) is 30.6. The lowest BCUT2D eigenvalue weighted by Crippen LogP contribution is -2.45. The molecular weight excluding hydrogens is 236 g/mol. The third-order valence-corrected chi connectivity index (χ3v) is 5.53. The highest BCUT2D eigenvalue weighted by molar-refractivity contribution is 5.85. The summed E-state index contributed by atoms with van der Waals surface area (Å²) in [6.07, 6.45) is 9.65. The van der Waals surface area contributed by atoms with E-state index in [1.54, 1.807) is 0 Å². The molecule has 0 aromatic rings. The van der Waals surface area contributed by atoms with Gasteiger partial charge in [0.2, 0.25) is 5.91 Å². The Bertz CT molecular complexity index is 324. The fraction of sp³-hybridized carbons (Fsp3) is 0.938. The predicted molar refractivity (Wildman–Crippen MR) is 76.9 cm³/mol. The predicted octanol–water partition coefficient (Wildman–Crippen LogP) is 2.56. The Kier molecular flexibility index (Phi) is 3.84. The molecule has 3 nitrogen and oxygen atoms in total. The smallest absolute Gasteiger partial charge is 0.228 e. The Morgan fingerprint density at radius 2 is 2.00 bits per heavy atom. The van der Waals surface area contributed by atoms with Crippen LogP contribution in [0.3, 0.4) is 0 Å². The lowest BCUT2D eigenvalue weighted by Gasteiger charge is -2.36. The van der Waals surface area contributed by atoms with Gasteiger partial charge in [0.05, 0.1) is 0 Å². The van der Waals surface area contributed by atoms with Crippen LogP contribution in [-0.2, 0) is 4.79 Å². The first kappa shape index (κ1) is 13.4. The quantitative estimate of drug-likeness (QED) is 0.846. The van der Waals surface area contributed by atoms with Crippen molar-refractivity contribution in [3.8, 4) is 0 Å². The number of piperidine rings is 1. The number of carbonyl (C=O) groups is 1. The molecule has 1 saturated carbocycles. The van der Waals surface area contributed by atoms with Gasteiger partial charge in [0.25, 0.3) is 0 Å². The number of carbonyl (C=O) groups excluding carboxylic acids is 1. The van der Waals surface area contributed by atoms with E-state index < -0.39 is 0 Å². The van der Waals surface area contributed by atoms with E-state index in [1.165, 1.54) is 32.2 Å². The van der Waals surface area contributed by atoms with E-state index in [4.69, 9.17) is 0 Å². The maximum Gasteiger partial charge on any atom is 0.228 e. The van der Waals surface area contributed by atoms with Crippen LogP contribution in [0.15, 0.2) is 0 Å². The van der Waals surface area contributed by atoms with Crippen LogP contribution in [-0.4, -0.2) is 36.5 Å². The Morgan fingerprint density at radius 1 is 1.26 bits per heavy atom. The van der Waals surface area contributed by atoms with Crippen LogP contribution in [0.25, 0.3) is 0 Å². The maximum atomic E-state index is 12.6. The molecule has 1 atom stereocenters. The molecule has 0 aromatic carbocycles. The first-order chi connectivity index (χ1) is 9.25. The van der Waals surface area contributed by atoms with Gasteiger partial charge in [-0.3, -0.25) is 4.79 Å². The molecule has 2 aliphatic heterocycles. The third-order valence-electron chi connectivity index (χ3n) is 5.53. The largest absolute Gasteiger partial charge is 0.342 e. The van der Waals surface area contributed by atoms with Crippen molar-refractivity contribution in [1.82, 2.24) is 10.2 Å². The van der Waals surface area contributed by atoms with Gasteiger partial charge in [-0.15, -0.1) is 0 Å². The van der Waals surface area contributed by atoms with E-state index in [0.717, 1.165) is 50.7 Å². The SMILES string of the molecule is CCCC1(C(=O)N2CCC(C3CCCN3)CC2)CC1. The van der Waals surface area contributed by atoms with Gasteiger partial charge in [-0.2, -0.15) is 0 Å². The Hall–Kier alpha value is -0.570. The van der Waals surface area contributed by atoms with Gasteiger partial charge in [-0.25, -0.2) is 0 Å². The molecule has 1 N–H and O–H groups in total. The molecule has 1 aliphatic carbocycles. The second-order valence-corrected chi connectivity index (χ2v) is 6.86. The zero-order chi connectivity index (χ0) is 13.3. The van der Waals surface area contributed by atoms with Gasteiger partial charge in [0, 0.05) is 24.5 Å². The summed E-state index contributed by atoms with van der Waals surface area (Å²) in [5.41, 5.74) is 0.0766. The fourth-order valence-electron chi connectivity index (χ4n) is 4.15. The summed E-state index contributed by atoms with van der Waals surface area (Å²) in [5.74, 6) is 1.29. The molecule has 2 saturated heterocycles. The minimum absolute atomic E-state index is 0.0766. The highest BCUT2D eigenvalue weighted by atomic mass is 16.2. The van der Waals surface area contributed by atoms with Crippen molar-refractivity contribution in [2.24, 2.45) is 11.3 Å². The van der Waals surface area contributed by atoms with Crippen LogP contribution in [0.1, 0.15) is 58.3 Å². The van der Waals surface area contributed by atoms with Crippen molar-refractivity contribution in [2.75, 3.05) is 19.6 Å². The Labute approximate surface area is 117 Å². The molecule has 3 rings (SSSR count). The zero-order valence-corrected chi connectivity index (χ0v) is 12.3. The third kappa shape index (κ3) is 2.67. The molecule has 3 fully saturated rings. The highest BCUT2D eigenvalue weighted by Gasteiger charge is 2.50. The first-order valence-electron chi connectivity index (χ1n) is 8.28. The zero-order valence-electron chi connectivity index (χ0n) is 12.3. The van der Waals surface area contributed by atoms with Crippen LogP contribution in [0.2, 0.25) is 0 Å². The van der Waals surface area contributed by atoms with E-state index in [-0.39, 0.29) is 5.41 Å². The van der Waals surface area contributed by atoms with Crippen LogP contribution in [0, 0.1) is 11.3 Å². The lowest BCUT2D eigenvalue weighted by atomic mass is 9.87. The second kappa shape index (κ2) is 5.43. The number of nitrogens with one attached hydrogen (secondary N) is 1. The number of amides is 1. The van der Waals surface area contributed by atoms with Crippen molar-refractivity contribution in [3.05, 3.63) is 0 Å². The van der Waals surface area contributed by atoms with Gasteiger partial charge >= 0.3 is 0 Å². The first-order valence-corrected chi connectivity index (χ1v) is 8.28. The molecule has 3 aliphatic rings. The van der Waals surface area contributed by atoms with Crippen LogP contribution >= 0.6 is 0 Å². The molecule has 0 bridgehead atoms. The van der Waals surface area contributed by atoms with Gasteiger partial charge < -0.3 is 10.2 Å². The summed E-state index contributed by atoms with van der Waals surface area (Å²) in [6, 6.07) is 0.739. The molecule has 108 valence electrons. The van der Waals surface area contributed by atoms with E-state index >= 15 is 0 Å². The molecule has 19 heavy (non-hydrogen) atoms. The van der Waals surface area contributed by atoms with Crippen molar-refractivity contribution < 1.29 is 4.79 Å². The number of likely N-dealkylation sites (tertiary alicyclic amines) is 1. The summed E-state index contributed by atoms with van der Waals surface area (Å²) >= 11 is 0. The van der Waals surface area contributed by atoms with E-state index in [2.05, 4.69) is 17.1 Å². The number of hydrogen-bond donors (Lipinski definition) is 1. The molecule has 2 heterocycles. The van der Waals surface area contributed by atoms with Gasteiger partial charge in [0.15, 0.2) is 0 Å². The van der Waals surface area contributed by atoms with Gasteiger partial charge in [-0.1, -0.05) is 13.3 Å². The fourth-order valence-corrected chi connectivity index (χ4v) is 4.15. The molecule has 1 amide bonds. The van der Waals surface area contributed by atoms with Crippen LogP contribution in [0.4, 0.5) is 0 Å². The van der Waals surface area contributed by atoms with Crippen molar-refractivity contribution in [3.63, 3.8) is 0 Å². The molecule has 0 spiro atoms. The minimum Gasteiger partial charge on any atom is -0.342 e. The topological polar surface area (TPSA) is 32.3 Å². The molecule has 3 heteroatoms. The standard InChI is InChI=1S/C16H28N2O/c1-2-7-16(8-9-16)15(19)18-11-5-13(6-12-18)14-4-3-10-17-14/h13-14,17H,2-12H2,1H3.